The highest BCUT2D eigenvalue weighted by atomic mass is 16.5. The van der Waals surface area contributed by atoms with Crippen LogP contribution in [0.1, 0.15) is 5.69 Å². The summed E-state index contributed by atoms with van der Waals surface area (Å²) in [5.41, 5.74) is 2.50. The number of aromatic nitrogens is 3. The highest BCUT2D eigenvalue weighted by molar-refractivity contribution is 5.78. The molecule has 0 aliphatic carbocycles. The molecule has 114 valence electrons. The van der Waals surface area contributed by atoms with Gasteiger partial charge in [-0.25, -0.2) is 9.97 Å². The van der Waals surface area contributed by atoms with Gasteiger partial charge in [0.2, 0.25) is 5.95 Å². The van der Waals surface area contributed by atoms with Gasteiger partial charge in [-0.05, 0) is 18.2 Å². The van der Waals surface area contributed by atoms with E-state index in [-0.39, 0.29) is 6.10 Å². The molecule has 0 bridgehead atoms. The predicted octanol–water partition coefficient (Wildman–Crippen LogP) is 2.11. The van der Waals surface area contributed by atoms with Gasteiger partial charge in [-0.15, -0.1) is 0 Å². The first-order chi connectivity index (χ1) is 11.2. The first-order valence-electron chi connectivity index (χ1n) is 7.44. The number of hydrogen-bond acceptors (Lipinski definition) is 5. The summed E-state index contributed by atoms with van der Waals surface area (Å²) < 4.78 is 7.99. The van der Waals surface area contributed by atoms with Crippen LogP contribution in [-0.4, -0.2) is 33.7 Å². The van der Waals surface area contributed by atoms with Gasteiger partial charge in [0.25, 0.3) is 0 Å². The summed E-state index contributed by atoms with van der Waals surface area (Å²) in [5, 5.41) is 8.87. The number of para-hydroxylation sites is 2. The Morgan fingerprint density at radius 3 is 2.87 bits per heavy atom. The Balaban J connectivity index is 1.46. The van der Waals surface area contributed by atoms with Crippen molar-refractivity contribution in [1.29, 1.82) is 5.26 Å². The van der Waals surface area contributed by atoms with Crippen molar-refractivity contribution in [3.8, 4) is 11.8 Å². The molecule has 0 radical (unpaired) electrons. The van der Waals surface area contributed by atoms with E-state index in [2.05, 4.69) is 25.5 Å². The second kappa shape index (κ2) is 5.29. The average molecular weight is 305 g/mol. The van der Waals surface area contributed by atoms with Crippen LogP contribution in [0.4, 0.5) is 5.95 Å². The molecule has 0 spiro atoms. The number of rotatable bonds is 3. The molecule has 0 atom stereocenters. The monoisotopic (exact) mass is 305 g/mol. The summed E-state index contributed by atoms with van der Waals surface area (Å²) in [7, 11) is 2.03. The molecule has 2 aromatic heterocycles. The number of fused-ring (bicyclic) bond motifs is 1. The second-order valence-electron chi connectivity index (χ2n) is 5.59. The van der Waals surface area contributed by atoms with Crippen LogP contribution < -0.4 is 9.64 Å². The van der Waals surface area contributed by atoms with E-state index in [9.17, 15) is 0 Å². The molecule has 6 nitrogen and oxygen atoms in total. The van der Waals surface area contributed by atoms with Gasteiger partial charge >= 0.3 is 0 Å². The summed E-state index contributed by atoms with van der Waals surface area (Å²) >= 11 is 0. The van der Waals surface area contributed by atoms with Gasteiger partial charge in [-0.3, -0.25) is 0 Å². The van der Waals surface area contributed by atoms with Gasteiger partial charge < -0.3 is 14.2 Å². The SMILES string of the molecule is Cn1c(N2CC(Oc3ccnc(C#N)c3)C2)nc2ccccc21. The molecule has 23 heavy (non-hydrogen) atoms. The minimum atomic E-state index is 0.101. The number of pyridine rings is 1. The molecule has 0 N–H and O–H groups in total. The average Bonchev–Trinajstić information content (AvgIpc) is 2.88. The molecular weight excluding hydrogens is 290 g/mol. The molecular formula is C17H15N5O. The van der Waals surface area contributed by atoms with Gasteiger partial charge in [-0.1, -0.05) is 12.1 Å². The summed E-state index contributed by atoms with van der Waals surface area (Å²) in [6.07, 6.45) is 1.69. The minimum absolute atomic E-state index is 0.101. The lowest BCUT2D eigenvalue weighted by atomic mass is 10.2. The van der Waals surface area contributed by atoms with E-state index in [1.165, 1.54) is 0 Å². The van der Waals surface area contributed by atoms with Crippen molar-refractivity contribution >= 4 is 17.0 Å². The number of nitrogens with zero attached hydrogens (tertiary/aromatic N) is 5. The first kappa shape index (κ1) is 13.6. The van der Waals surface area contributed by atoms with Crippen LogP contribution in [0.5, 0.6) is 5.75 Å². The maximum atomic E-state index is 8.87. The zero-order valence-corrected chi connectivity index (χ0v) is 12.7. The Labute approximate surface area is 133 Å². The second-order valence-corrected chi connectivity index (χ2v) is 5.59. The van der Waals surface area contributed by atoms with Crippen LogP contribution >= 0.6 is 0 Å². The van der Waals surface area contributed by atoms with E-state index in [4.69, 9.17) is 10.00 Å². The van der Waals surface area contributed by atoms with Crippen molar-refractivity contribution in [2.24, 2.45) is 7.05 Å². The molecule has 1 aliphatic rings. The van der Waals surface area contributed by atoms with Crippen LogP contribution in [-0.2, 0) is 7.05 Å². The molecule has 1 aliphatic heterocycles. The van der Waals surface area contributed by atoms with Gasteiger partial charge in [-0.2, -0.15) is 5.26 Å². The number of anilines is 1. The minimum Gasteiger partial charge on any atom is -0.487 e. The van der Waals surface area contributed by atoms with Crippen LogP contribution in [0.15, 0.2) is 42.6 Å². The highest BCUT2D eigenvalue weighted by Gasteiger charge is 2.31. The number of ether oxygens (including phenoxy) is 1. The van der Waals surface area contributed by atoms with Gasteiger partial charge in [0.15, 0.2) is 0 Å². The van der Waals surface area contributed by atoms with Gasteiger partial charge in [0, 0.05) is 19.3 Å². The lowest BCUT2D eigenvalue weighted by Gasteiger charge is -2.39. The van der Waals surface area contributed by atoms with E-state index in [0.717, 1.165) is 30.1 Å². The Morgan fingerprint density at radius 2 is 2.09 bits per heavy atom. The van der Waals surface area contributed by atoms with Crippen molar-refractivity contribution in [1.82, 2.24) is 14.5 Å². The summed E-state index contributed by atoms with van der Waals surface area (Å²) in [4.78, 5) is 10.8. The first-order valence-corrected chi connectivity index (χ1v) is 7.44. The Hall–Kier alpha value is -3.07. The number of hydrogen-bond donors (Lipinski definition) is 0. The van der Waals surface area contributed by atoms with E-state index >= 15 is 0 Å². The van der Waals surface area contributed by atoms with Crippen molar-refractivity contribution < 1.29 is 4.74 Å². The molecule has 0 amide bonds. The third-order valence-corrected chi connectivity index (χ3v) is 4.04. The third kappa shape index (κ3) is 2.36. The fourth-order valence-electron chi connectivity index (χ4n) is 2.83. The standard InChI is InChI=1S/C17H15N5O/c1-21-16-5-3-2-4-15(16)20-17(21)22-10-14(11-22)23-13-6-7-19-12(8-13)9-18/h2-8,14H,10-11H2,1H3. The van der Waals surface area contributed by atoms with E-state index in [1.54, 1.807) is 18.3 Å². The molecule has 0 unspecified atom stereocenters. The number of imidazole rings is 1. The smallest absolute Gasteiger partial charge is 0.206 e. The Kier molecular flexibility index (Phi) is 3.12. The molecule has 1 fully saturated rings. The molecule has 1 saturated heterocycles. The summed E-state index contributed by atoms with van der Waals surface area (Å²) in [6, 6.07) is 13.6. The van der Waals surface area contributed by atoms with E-state index in [1.807, 2.05) is 31.3 Å². The lowest BCUT2D eigenvalue weighted by molar-refractivity contribution is 0.165. The van der Waals surface area contributed by atoms with Crippen molar-refractivity contribution in [3.63, 3.8) is 0 Å². The molecule has 6 heteroatoms. The van der Waals surface area contributed by atoms with Crippen molar-refractivity contribution in [2.75, 3.05) is 18.0 Å². The molecule has 3 heterocycles. The number of aryl methyl sites for hydroxylation is 1. The molecule has 1 aromatic carbocycles. The summed E-state index contributed by atoms with van der Waals surface area (Å²) in [6.45, 7) is 1.56. The predicted molar refractivity (Wildman–Crippen MR) is 86.3 cm³/mol. The maximum absolute atomic E-state index is 8.87. The Morgan fingerprint density at radius 1 is 1.26 bits per heavy atom. The van der Waals surface area contributed by atoms with Gasteiger partial charge in [0.1, 0.15) is 23.6 Å². The quantitative estimate of drug-likeness (QED) is 0.741. The van der Waals surface area contributed by atoms with Crippen LogP contribution in [0, 0.1) is 11.3 Å². The highest BCUT2D eigenvalue weighted by Crippen LogP contribution is 2.26. The fourth-order valence-corrected chi connectivity index (χ4v) is 2.83. The van der Waals surface area contributed by atoms with Crippen molar-refractivity contribution in [2.45, 2.75) is 6.10 Å². The number of benzene rings is 1. The summed E-state index contributed by atoms with van der Waals surface area (Å²) in [5.74, 6) is 1.64. The zero-order valence-electron chi connectivity index (χ0n) is 12.7. The third-order valence-electron chi connectivity index (χ3n) is 4.04. The van der Waals surface area contributed by atoms with E-state index in [0.29, 0.717) is 11.4 Å². The van der Waals surface area contributed by atoms with Crippen LogP contribution in [0.25, 0.3) is 11.0 Å². The van der Waals surface area contributed by atoms with Crippen LogP contribution in [0.2, 0.25) is 0 Å². The fraction of sp³-hybridized carbons (Fsp3) is 0.235. The largest absolute Gasteiger partial charge is 0.487 e. The molecule has 3 aromatic rings. The van der Waals surface area contributed by atoms with Gasteiger partial charge in [0.05, 0.1) is 24.1 Å². The topological polar surface area (TPSA) is 67.0 Å². The zero-order chi connectivity index (χ0) is 15.8. The van der Waals surface area contributed by atoms with E-state index < -0.39 is 0 Å². The lowest BCUT2D eigenvalue weighted by Crippen LogP contribution is -2.54. The normalized spacial score (nSPS) is 14.5. The molecule has 0 saturated carbocycles. The molecule has 4 rings (SSSR count). The Bertz CT molecular complexity index is 905. The van der Waals surface area contributed by atoms with Crippen LogP contribution in [0.3, 0.4) is 0 Å². The number of nitriles is 1. The van der Waals surface area contributed by atoms with Crippen molar-refractivity contribution in [3.05, 3.63) is 48.3 Å². The maximum Gasteiger partial charge on any atom is 0.206 e.